The van der Waals surface area contributed by atoms with E-state index in [0.29, 0.717) is 6.54 Å². The van der Waals surface area contributed by atoms with Gasteiger partial charge in [0, 0.05) is 7.05 Å². The third-order valence-corrected chi connectivity index (χ3v) is 2.26. The molecule has 0 saturated carbocycles. The molecule has 4 heteroatoms. The van der Waals surface area contributed by atoms with Crippen LogP contribution in [0.15, 0.2) is 18.2 Å². The van der Waals surface area contributed by atoms with Crippen molar-refractivity contribution in [3.8, 4) is 12.3 Å². The van der Waals surface area contributed by atoms with Crippen LogP contribution in [0, 0.1) is 26.2 Å². The van der Waals surface area contributed by atoms with Crippen molar-refractivity contribution in [2.75, 3.05) is 13.6 Å². The van der Waals surface area contributed by atoms with Crippen LogP contribution in [0.4, 0.5) is 4.79 Å². The van der Waals surface area contributed by atoms with Gasteiger partial charge in [-0.2, -0.15) is 0 Å². The Labute approximate surface area is 108 Å². The molecule has 1 amide bonds. The Morgan fingerprint density at radius 2 is 2.00 bits per heavy atom. The SMILES string of the molecule is C#CCN(C)NC(=O)OCc1cc(C)cc(C)c1. The Morgan fingerprint density at radius 3 is 2.56 bits per heavy atom. The zero-order valence-corrected chi connectivity index (χ0v) is 11.0. The summed E-state index contributed by atoms with van der Waals surface area (Å²) in [5, 5.41) is 1.49. The number of carbonyl (C=O) groups excluding carboxylic acids is 1. The molecule has 1 N–H and O–H groups in total. The van der Waals surface area contributed by atoms with Crippen molar-refractivity contribution in [1.29, 1.82) is 0 Å². The molecule has 0 unspecified atom stereocenters. The molecule has 4 nitrogen and oxygen atoms in total. The molecule has 0 radical (unpaired) electrons. The zero-order valence-electron chi connectivity index (χ0n) is 11.0. The van der Waals surface area contributed by atoms with Crippen LogP contribution in [-0.2, 0) is 11.3 Å². The maximum absolute atomic E-state index is 11.4. The number of hydrazine groups is 1. The van der Waals surface area contributed by atoms with Crippen LogP contribution in [0.2, 0.25) is 0 Å². The first-order valence-corrected chi connectivity index (χ1v) is 5.66. The summed E-state index contributed by atoms with van der Waals surface area (Å²) in [5.41, 5.74) is 5.79. The number of terminal acetylenes is 1. The maximum Gasteiger partial charge on any atom is 0.422 e. The predicted molar refractivity (Wildman–Crippen MR) is 70.7 cm³/mol. The van der Waals surface area contributed by atoms with Crippen LogP contribution in [-0.4, -0.2) is 24.7 Å². The number of hydrogen-bond donors (Lipinski definition) is 1. The van der Waals surface area contributed by atoms with E-state index in [1.165, 1.54) is 5.01 Å². The molecule has 0 aliphatic carbocycles. The van der Waals surface area contributed by atoms with Gasteiger partial charge in [0.2, 0.25) is 0 Å². The molecule has 0 fully saturated rings. The predicted octanol–water partition coefficient (Wildman–Crippen LogP) is 2.01. The number of ether oxygens (including phenoxy) is 1. The fourth-order valence-corrected chi connectivity index (χ4v) is 1.67. The van der Waals surface area contributed by atoms with Crippen LogP contribution in [0.5, 0.6) is 0 Å². The molecule has 0 aliphatic heterocycles. The summed E-state index contributed by atoms with van der Waals surface area (Å²) in [6.07, 6.45) is 4.61. The van der Waals surface area contributed by atoms with Gasteiger partial charge in [-0.05, 0) is 19.4 Å². The highest BCUT2D eigenvalue weighted by Gasteiger charge is 2.05. The molecule has 0 spiro atoms. The summed E-state index contributed by atoms with van der Waals surface area (Å²) in [6, 6.07) is 6.06. The fraction of sp³-hybridized carbons (Fsp3) is 0.357. The Morgan fingerprint density at radius 1 is 1.39 bits per heavy atom. The number of hydrogen-bond acceptors (Lipinski definition) is 3. The number of carbonyl (C=O) groups is 1. The lowest BCUT2D eigenvalue weighted by atomic mass is 10.1. The van der Waals surface area contributed by atoms with Crippen molar-refractivity contribution in [3.63, 3.8) is 0 Å². The summed E-state index contributed by atoms with van der Waals surface area (Å²) in [4.78, 5) is 11.4. The lowest BCUT2D eigenvalue weighted by Gasteiger charge is -2.15. The van der Waals surface area contributed by atoms with E-state index in [1.54, 1.807) is 7.05 Å². The third kappa shape index (κ3) is 4.89. The summed E-state index contributed by atoms with van der Waals surface area (Å²) >= 11 is 0. The molecule has 1 rings (SSSR count). The van der Waals surface area contributed by atoms with Gasteiger partial charge in [-0.3, -0.25) is 5.43 Å². The van der Waals surface area contributed by atoms with Crippen molar-refractivity contribution in [2.45, 2.75) is 20.5 Å². The van der Waals surface area contributed by atoms with Crippen LogP contribution in [0.25, 0.3) is 0 Å². The molecule has 18 heavy (non-hydrogen) atoms. The number of nitrogens with one attached hydrogen (secondary N) is 1. The number of nitrogens with zero attached hydrogens (tertiary/aromatic N) is 1. The van der Waals surface area contributed by atoms with E-state index in [2.05, 4.69) is 17.4 Å². The first kappa shape index (κ1) is 14.1. The van der Waals surface area contributed by atoms with E-state index >= 15 is 0 Å². The number of benzene rings is 1. The van der Waals surface area contributed by atoms with Gasteiger partial charge in [0.1, 0.15) is 6.61 Å². The quantitative estimate of drug-likeness (QED) is 0.652. The van der Waals surface area contributed by atoms with E-state index < -0.39 is 6.09 Å². The van der Waals surface area contributed by atoms with Gasteiger partial charge >= 0.3 is 6.09 Å². The Hall–Kier alpha value is -1.99. The molecule has 1 aromatic rings. The first-order valence-electron chi connectivity index (χ1n) is 5.66. The molecule has 0 bridgehead atoms. The summed E-state index contributed by atoms with van der Waals surface area (Å²) in [5.74, 6) is 2.42. The topological polar surface area (TPSA) is 41.6 Å². The Balaban J connectivity index is 2.45. The molecule has 0 aromatic heterocycles. The van der Waals surface area contributed by atoms with Gasteiger partial charge in [0.05, 0.1) is 6.54 Å². The van der Waals surface area contributed by atoms with Gasteiger partial charge in [-0.15, -0.1) is 6.42 Å². The van der Waals surface area contributed by atoms with Gasteiger partial charge < -0.3 is 4.74 Å². The van der Waals surface area contributed by atoms with E-state index in [-0.39, 0.29) is 6.61 Å². The molecule has 0 atom stereocenters. The van der Waals surface area contributed by atoms with Crippen LogP contribution in [0.1, 0.15) is 16.7 Å². The van der Waals surface area contributed by atoms with E-state index in [1.807, 2.05) is 26.0 Å². The third-order valence-electron chi connectivity index (χ3n) is 2.26. The van der Waals surface area contributed by atoms with Gasteiger partial charge in [-0.25, -0.2) is 9.80 Å². The van der Waals surface area contributed by atoms with Gasteiger partial charge in [0.15, 0.2) is 0 Å². The van der Waals surface area contributed by atoms with Crippen LogP contribution >= 0.6 is 0 Å². The normalized spacial score (nSPS) is 9.94. The Kier molecular flexibility index (Phi) is 5.22. The van der Waals surface area contributed by atoms with Crippen molar-refractivity contribution in [1.82, 2.24) is 10.4 Å². The van der Waals surface area contributed by atoms with E-state index in [9.17, 15) is 4.79 Å². The summed E-state index contributed by atoms with van der Waals surface area (Å²) < 4.78 is 5.09. The number of rotatable bonds is 4. The minimum Gasteiger partial charge on any atom is -0.444 e. The second-order valence-corrected chi connectivity index (χ2v) is 4.24. The lowest BCUT2D eigenvalue weighted by molar-refractivity contribution is 0.113. The first-order chi connectivity index (χ1) is 8.51. The largest absolute Gasteiger partial charge is 0.444 e. The van der Waals surface area contributed by atoms with Gasteiger partial charge in [0.25, 0.3) is 0 Å². The molecule has 0 aliphatic rings. The van der Waals surface area contributed by atoms with Crippen LogP contribution in [0.3, 0.4) is 0 Å². The molecular weight excluding hydrogens is 228 g/mol. The summed E-state index contributed by atoms with van der Waals surface area (Å²) in [6.45, 7) is 4.60. The molecule has 96 valence electrons. The fourth-order valence-electron chi connectivity index (χ4n) is 1.67. The highest BCUT2D eigenvalue weighted by atomic mass is 16.6. The lowest BCUT2D eigenvalue weighted by Crippen LogP contribution is -2.39. The zero-order chi connectivity index (χ0) is 13.5. The van der Waals surface area contributed by atoms with Crippen molar-refractivity contribution in [3.05, 3.63) is 34.9 Å². The van der Waals surface area contributed by atoms with Crippen molar-refractivity contribution < 1.29 is 9.53 Å². The Bertz CT molecular complexity index is 443. The van der Waals surface area contributed by atoms with Gasteiger partial charge in [-0.1, -0.05) is 35.2 Å². The monoisotopic (exact) mass is 246 g/mol. The second-order valence-electron chi connectivity index (χ2n) is 4.24. The van der Waals surface area contributed by atoms with E-state index in [0.717, 1.165) is 16.7 Å². The highest BCUT2D eigenvalue weighted by molar-refractivity contribution is 5.66. The molecule has 0 saturated heterocycles. The number of amides is 1. The molecule has 1 aromatic carbocycles. The van der Waals surface area contributed by atoms with E-state index in [4.69, 9.17) is 11.2 Å². The second kappa shape index (κ2) is 6.67. The number of aryl methyl sites for hydroxylation is 2. The standard InChI is InChI=1S/C14H18N2O2/c1-5-6-16(4)15-14(17)18-10-13-8-11(2)7-12(3)9-13/h1,7-9H,6,10H2,2-4H3,(H,15,17). The summed E-state index contributed by atoms with van der Waals surface area (Å²) in [7, 11) is 1.68. The van der Waals surface area contributed by atoms with Crippen LogP contribution < -0.4 is 5.43 Å². The van der Waals surface area contributed by atoms with Crippen molar-refractivity contribution in [2.24, 2.45) is 0 Å². The van der Waals surface area contributed by atoms with Crippen molar-refractivity contribution >= 4 is 6.09 Å². The minimum absolute atomic E-state index is 0.248. The highest BCUT2D eigenvalue weighted by Crippen LogP contribution is 2.09. The molecular formula is C14H18N2O2. The molecule has 0 heterocycles. The smallest absolute Gasteiger partial charge is 0.422 e. The maximum atomic E-state index is 11.4. The average Bonchev–Trinajstić information content (AvgIpc) is 2.25. The average molecular weight is 246 g/mol. The minimum atomic E-state index is -0.507.